The van der Waals surface area contributed by atoms with Gasteiger partial charge >= 0.3 is 0 Å². The number of unbranched alkanes of at least 4 members (excludes halogenated alkanes) is 11. The molecule has 3 aromatic rings. The summed E-state index contributed by atoms with van der Waals surface area (Å²) in [7, 11) is 0. The molecule has 4 heteroatoms. The lowest BCUT2D eigenvalue weighted by Crippen LogP contribution is -2.13. The van der Waals surface area contributed by atoms with Gasteiger partial charge in [0.1, 0.15) is 5.75 Å². The lowest BCUT2D eigenvalue weighted by Gasteiger charge is -2.17. The molecule has 35 heavy (non-hydrogen) atoms. The van der Waals surface area contributed by atoms with Crippen LogP contribution in [0.5, 0.6) is 5.75 Å². The van der Waals surface area contributed by atoms with Crippen LogP contribution in [0.4, 0.5) is 0 Å². The molecule has 188 valence electrons. The third-order valence-corrected chi connectivity index (χ3v) is 6.86. The molecule has 0 spiro atoms. The first kappa shape index (κ1) is 26.7. The van der Waals surface area contributed by atoms with Crippen LogP contribution in [-0.2, 0) is 0 Å². The summed E-state index contributed by atoms with van der Waals surface area (Å²) in [6.07, 6.45) is 19.6. The maximum atomic E-state index is 13.5. The zero-order valence-corrected chi connectivity index (χ0v) is 21.4. The smallest absolute Gasteiger partial charge is 0.173 e. The van der Waals surface area contributed by atoms with E-state index in [2.05, 4.69) is 12.0 Å². The number of aromatic nitrogens is 2. The summed E-state index contributed by atoms with van der Waals surface area (Å²) in [5, 5.41) is 14.9. The van der Waals surface area contributed by atoms with Gasteiger partial charge < -0.3 is 5.11 Å². The molecule has 1 heterocycles. The highest BCUT2D eigenvalue weighted by atomic mass is 16.3. The Morgan fingerprint density at radius 3 is 2.00 bits per heavy atom. The lowest BCUT2D eigenvalue weighted by molar-refractivity contribution is 0.0952. The van der Waals surface area contributed by atoms with Crippen molar-refractivity contribution in [2.45, 2.75) is 96.3 Å². The topological polar surface area (TPSA) is 55.1 Å². The van der Waals surface area contributed by atoms with Crippen molar-refractivity contribution in [1.82, 2.24) is 9.78 Å². The molecule has 1 unspecified atom stereocenters. The molecule has 0 aliphatic heterocycles. The Labute approximate surface area is 211 Å². The third kappa shape index (κ3) is 8.69. The van der Waals surface area contributed by atoms with E-state index >= 15 is 0 Å². The first-order chi connectivity index (χ1) is 17.2. The molecule has 1 N–H and O–H groups in total. The maximum Gasteiger partial charge on any atom is 0.173 e. The van der Waals surface area contributed by atoms with Crippen LogP contribution in [0.2, 0.25) is 0 Å². The zero-order chi connectivity index (χ0) is 24.7. The predicted molar refractivity (Wildman–Crippen MR) is 144 cm³/mol. The molecule has 0 saturated carbocycles. The van der Waals surface area contributed by atoms with Crippen LogP contribution in [0.25, 0.3) is 5.69 Å². The number of para-hydroxylation sites is 2. The largest absolute Gasteiger partial charge is 0.508 e. The quantitative estimate of drug-likeness (QED) is 0.157. The summed E-state index contributed by atoms with van der Waals surface area (Å²) < 4.78 is 1.74. The Balaban J connectivity index is 1.49. The van der Waals surface area contributed by atoms with Crippen LogP contribution in [0.1, 0.15) is 112 Å². The number of phenolic OH excluding ortho intramolecular Hbond substituents is 1. The first-order valence-corrected chi connectivity index (χ1v) is 13.6. The van der Waals surface area contributed by atoms with Crippen LogP contribution in [0, 0.1) is 0 Å². The monoisotopic (exact) mass is 474 g/mol. The number of aromatic hydroxyl groups is 1. The van der Waals surface area contributed by atoms with Crippen LogP contribution in [-0.4, -0.2) is 20.7 Å². The molecule has 2 aromatic carbocycles. The van der Waals surface area contributed by atoms with Crippen molar-refractivity contribution in [3.05, 3.63) is 78.1 Å². The fourth-order valence-corrected chi connectivity index (χ4v) is 4.77. The average molecular weight is 475 g/mol. The second kappa shape index (κ2) is 15.2. The number of phenols is 1. The van der Waals surface area contributed by atoms with E-state index in [-0.39, 0.29) is 17.5 Å². The van der Waals surface area contributed by atoms with E-state index in [1.54, 1.807) is 29.2 Å². The van der Waals surface area contributed by atoms with Gasteiger partial charge in [0, 0.05) is 11.8 Å². The molecule has 1 atom stereocenters. The molecular weight excluding hydrogens is 432 g/mol. The van der Waals surface area contributed by atoms with E-state index < -0.39 is 0 Å². The van der Waals surface area contributed by atoms with Crippen LogP contribution in [0.15, 0.2) is 67.0 Å². The molecular formula is C31H42N2O2. The predicted octanol–water partition coefficient (Wildman–Crippen LogP) is 8.64. The third-order valence-electron chi connectivity index (χ3n) is 6.86. The summed E-state index contributed by atoms with van der Waals surface area (Å²) >= 11 is 0. The summed E-state index contributed by atoms with van der Waals surface area (Å²) in [6.45, 7) is 2.26. The van der Waals surface area contributed by atoms with Crippen molar-refractivity contribution < 1.29 is 9.90 Å². The van der Waals surface area contributed by atoms with Crippen molar-refractivity contribution in [3.63, 3.8) is 0 Å². The van der Waals surface area contributed by atoms with Gasteiger partial charge in [0.25, 0.3) is 0 Å². The second-order valence-electron chi connectivity index (χ2n) is 9.66. The SMILES string of the molecule is CCCCCCCCCCCCCCC(C(=O)c1cnn(-c2ccccc2)c1)c1ccccc1O. The van der Waals surface area contributed by atoms with Gasteiger partial charge in [-0.05, 0) is 24.6 Å². The number of carbonyl (C=O) groups excluding carboxylic acids is 1. The Bertz CT molecular complexity index is 996. The molecule has 0 saturated heterocycles. The van der Waals surface area contributed by atoms with E-state index in [1.807, 2.05) is 42.5 Å². The molecule has 0 bridgehead atoms. The summed E-state index contributed by atoms with van der Waals surface area (Å²) in [6, 6.07) is 17.0. The fraction of sp³-hybridized carbons (Fsp3) is 0.484. The number of carbonyl (C=O) groups is 1. The Morgan fingerprint density at radius 1 is 0.800 bits per heavy atom. The summed E-state index contributed by atoms with van der Waals surface area (Å²) in [4.78, 5) is 13.5. The fourth-order valence-electron chi connectivity index (χ4n) is 4.77. The van der Waals surface area contributed by atoms with Gasteiger partial charge in [-0.15, -0.1) is 0 Å². The van der Waals surface area contributed by atoms with Crippen molar-refractivity contribution >= 4 is 5.78 Å². The number of ketones is 1. The van der Waals surface area contributed by atoms with Gasteiger partial charge in [0.2, 0.25) is 0 Å². The highest BCUT2D eigenvalue weighted by Gasteiger charge is 2.25. The van der Waals surface area contributed by atoms with Crippen LogP contribution >= 0.6 is 0 Å². The van der Waals surface area contributed by atoms with Crippen molar-refractivity contribution in [2.24, 2.45) is 0 Å². The Hall–Kier alpha value is -2.88. The molecule has 0 aliphatic carbocycles. The Morgan fingerprint density at radius 2 is 1.37 bits per heavy atom. The van der Waals surface area contributed by atoms with E-state index in [0.29, 0.717) is 11.1 Å². The van der Waals surface area contributed by atoms with Crippen LogP contribution in [0.3, 0.4) is 0 Å². The van der Waals surface area contributed by atoms with E-state index in [0.717, 1.165) is 24.9 Å². The standard InChI is InChI=1S/C31H42N2O2/c1-2-3-4-5-6-7-8-9-10-11-12-16-22-29(28-21-17-18-23-30(28)34)31(35)26-24-32-33(25-26)27-19-14-13-15-20-27/h13-15,17-21,23-25,29,34H,2-12,16,22H2,1H3. The number of Topliss-reactive ketones (excluding diaryl/α,β-unsaturated/α-hetero) is 1. The van der Waals surface area contributed by atoms with Gasteiger partial charge in [-0.3, -0.25) is 4.79 Å². The number of rotatable bonds is 17. The number of nitrogens with zero attached hydrogens (tertiary/aromatic N) is 2. The number of hydrogen-bond donors (Lipinski definition) is 1. The average Bonchev–Trinajstić information content (AvgIpc) is 3.38. The van der Waals surface area contributed by atoms with Gasteiger partial charge in [-0.1, -0.05) is 120 Å². The number of hydrogen-bond acceptors (Lipinski definition) is 3. The minimum Gasteiger partial charge on any atom is -0.508 e. The highest BCUT2D eigenvalue weighted by molar-refractivity contribution is 6.01. The minimum absolute atomic E-state index is 0.0248. The Kier molecular flexibility index (Phi) is 11.6. The molecule has 0 aliphatic rings. The molecule has 0 fully saturated rings. The number of benzene rings is 2. The van der Waals surface area contributed by atoms with Gasteiger partial charge in [-0.2, -0.15) is 5.10 Å². The van der Waals surface area contributed by atoms with Crippen molar-refractivity contribution in [3.8, 4) is 11.4 Å². The summed E-state index contributed by atoms with van der Waals surface area (Å²) in [5.41, 5.74) is 2.22. The first-order valence-electron chi connectivity index (χ1n) is 13.6. The molecule has 1 aromatic heterocycles. The van der Waals surface area contributed by atoms with Gasteiger partial charge in [0.15, 0.2) is 5.78 Å². The van der Waals surface area contributed by atoms with E-state index in [9.17, 15) is 9.90 Å². The van der Waals surface area contributed by atoms with Crippen molar-refractivity contribution in [2.75, 3.05) is 0 Å². The van der Waals surface area contributed by atoms with E-state index in [4.69, 9.17) is 0 Å². The lowest BCUT2D eigenvalue weighted by atomic mass is 9.86. The second-order valence-corrected chi connectivity index (χ2v) is 9.66. The van der Waals surface area contributed by atoms with Crippen LogP contribution < -0.4 is 0 Å². The molecule has 3 rings (SSSR count). The normalized spacial score (nSPS) is 12.0. The molecule has 4 nitrogen and oxygen atoms in total. The minimum atomic E-state index is -0.354. The molecule has 0 amide bonds. The van der Waals surface area contributed by atoms with Gasteiger partial charge in [0.05, 0.1) is 23.4 Å². The zero-order valence-electron chi connectivity index (χ0n) is 21.4. The highest BCUT2D eigenvalue weighted by Crippen LogP contribution is 2.33. The van der Waals surface area contributed by atoms with E-state index in [1.165, 1.54) is 64.2 Å². The molecule has 0 radical (unpaired) electrons. The maximum absolute atomic E-state index is 13.5. The van der Waals surface area contributed by atoms with Crippen molar-refractivity contribution in [1.29, 1.82) is 0 Å². The van der Waals surface area contributed by atoms with Gasteiger partial charge in [-0.25, -0.2) is 4.68 Å². The summed E-state index contributed by atoms with van der Waals surface area (Å²) in [5.74, 6) is -0.135.